The van der Waals surface area contributed by atoms with Crippen LogP contribution in [0.25, 0.3) is 0 Å². The first kappa shape index (κ1) is 16.5. The van der Waals surface area contributed by atoms with Crippen LogP contribution in [0.2, 0.25) is 0 Å². The molecule has 2 nitrogen and oxygen atoms in total. The van der Waals surface area contributed by atoms with Crippen LogP contribution in [0.3, 0.4) is 0 Å². The maximum atomic E-state index is 5.30. The summed E-state index contributed by atoms with van der Waals surface area (Å²) in [6.07, 6.45) is 0.939. The van der Waals surface area contributed by atoms with Crippen molar-refractivity contribution in [1.29, 1.82) is 0 Å². The Morgan fingerprint density at radius 2 is 1.86 bits per heavy atom. The molecule has 0 aliphatic heterocycles. The van der Waals surface area contributed by atoms with E-state index in [-0.39, 0.29) is 6.04 Å². The lowest BCUT2D eigenvalue weighted by molar-refractivity contribution is 0.411. The van der Waals surface area contributed by atoms with Gasteiger partial charge in [-0.25, -0.2) is 0 Å². The molecule has 0 saturated carbocycles. The smallest absolute Gasteiger partial charge is 0.133 e. The van der Waals surface area contributed by atoms with Crippen LogP contribution in [0.4, 0.5) is 0 Å². The van der Waals surface area contributed by atoms with E-state index in [0.29, 0.717) is 0 Å². The molecule has 1 unspecified atom stereocenters. The zero-order valence-electron chi connectivity index (χ0n) is 12.2. The van der Waals surface area contributed by atoms with Gasteiger partial charge < -0.3 is 10.1 Å². The van der Waals surface area contributed by atoms with Crippen molar-refractivity contribution in [3.05, 3.63) is 62.5 Å². The lowest BCUT2D eigenvalue weighted by Crippen LogP contribution is -2.23. The van der Waals surface area contributed by atoms with Gasteiger partial charge in [-0.3, -0.25) is 0 Å². The number of likely N-dealkylation sites (N-methyl/N-ethyl adjacent to an activating group) is 1. The molecule has 1 N–H and O–H groups in total. The maximum Gasteiger partial charge on any atom is 0.133 e. The van der Waals surface area contributed by atoms with Crippen molar-refractivity contribution in [3.8, 4) is 5.75 Å². The van der Waals surface area contributed by atoms with Gasteiger partial charge >= 0.3 is 0 Å². The van der Waals surface area contributed by atoms with Gasteiger partial charge in [-0.15, -0.1) is 0 Å². The molecule has 0 aliphatic rings. The van der Waals surface area contributed by atoms with E-state index in [2.05, 4.69) is 74.4 Å². The van der Waals surface area contributed by atoms with Gasteiger partial charge in [-0.1, -0.05) is 47.1 Å². The van der Waals surface area contributed by atoms with Crippen molar-refractivity contribution < 1.29 is 4.74 Å². The Bertz CT molecular complexity index is 601. The summed E-state index contributed by atoms with van der Waals surface area (Å²) in [4.78, 5) is 0. The minimum Gasteiger partial charge on any atom is -0.496 e. The Morgan fingerprint density at radius 1 is 1.10 bits per heavy atom. The minimum absolute atomic E-state index is 0.274. The average Bonchev–Trinajstić information content (AvgIpc) is 2.49. The van der Waals surface area contributed by atoms with E-state index in [1.807, 2.05) is 12.1 Å². The van der Waals surface area contributed by atoms with Gasteiger partial charge in [-0.05, 0) is 58.2 Å². The highest BCUT2D eigenvalue weighted by Crippen LogP contribution is 2.30. The van der Waals surface area contributed by atoms with Crippen LogP contribution >= 0.6 is 31.9 Å². The van der Waals surface area contributed by atoms with E-state index in [4.69, 9.17) is 4.74 Å². The van der Waals surface area contributed by atoms with Crippen molar-refractivity contribution in [2.45, 2.75) is 19.4 Å². The molecule has 21 heavy (non-hydrogen) atoms. The molecule has 2 aromatic rings. The molecule has 0 heterocycles. The minimum atomic E-state index is 0.274. The Kier molecular flexibility index (Phi) is 6.27. The van der Waals surface area contributed by atoms with Gasteiger partial charge in [0.05, 0.1) is 11.6 Å². The van der Waals surface area contributed by atoms with Gasteiger partial charge in [-0.2, -0.15) is 0 Å². The van der Waals surface area contributed by atoms with Crippen LogP contribution in [0.15, 0.2) is 51.4 Å². The van der Waals surface area contributed by atoms with Gasteiger partial charge in [0.2, 0.25) is 0 Å². The quantitative estimate of drug-likeness (QED) is 0.711. The molecule has 4 heteroatoms. The van der Waals surface area contributed by atoms with Crippen LogP contribution < -0.4 is 10.1 Å². The van der Waals surface area contributed by atoms with Crippen LogP contribution in [0.1, 0.15) is 24.1 Å². The van der Waals surface area contributed by atoms with Crippen LogP contribution in [-0.4, -0.2) is 13.7 Å². The van der Waals surface area contributed by atoms with Crippen molar-refractivity contribution >= 4 is 31.9 Å². The summed E-state index contributed by atoms with van der Waals surface area (Å²) in [6.45, 7) is 3.06. The third-order valence-corrected chi connectivity index (χ3v) is 4.80. The molecule has 0 saturated heterocycles. The monoisotopic (exact) mass is 411 g/mol. The summed E-state index contributed by atoms with van der Waals surface area (Å²) in [5.41, 5.74) is 2.55. The summed E-state index contributed by atoms with van der Waals surface area (Å²) in [5.74, 6) is 0.856. The SMILES string of the molecule is CCNC(Cc1ccccc1Br)c1ccc(OC)c(Br)c1. The Morgan fingerprint density at radius 3 is 2.48 bits per heavy atom. The lowest BCUT2D eigenvalue weighted by Gasteiger charge is -2.20. The number of rotatable bonds is 6. The fraction of sp³-hybridized carbons (Fsp3) is 0.294. The number of ether oxygens (including phenoxy) is 1. The van der Waals surface area contributed by atoms with Crippen LogP contribution in [-0.2, 0) is 6.42 Å². The molecule has 112 valence electrons. The van der Waals surface area contributed by atoms with Crippen molar-refractivity contribution in [1.82, 2.24) is 5.32 Å². The molecule has 2 rings (SSSR count). The van der Waals surface area contributed by atoms with Crippen LogP contribution in [0, 0.1) is 0 Å². The lowest BCUT2D eigenvalue weighted by atomic mass is 9.98. The van der Waals surface area contributed by atoms with E-state index in [1.165, 1.54) is 11.1 Å². The normalized spacial score (nSPS) is 12.2. The molecule has 2 aromatic carbocycles. The zero-order valence-corrected chi connectivity index (χ0v) is 15.4. The molecule has 0 aliphatic carbocycles. The zero-order chi connectivity index (χ0) is 15.2. The predicted octanol–water partition coefficient (Wildman–Crippen LogP) is 5.11. The van der Waals surface area contributed by atoms with E-state index in [9.17, 15) is 0 Å². The van der Waals surface area contributed by atoms with Gasteiger partial charge in [0.15, 0.2) is 0 Å². The second kappa shape index (κ2) is 7.97. The van der Waals surface area contributed by atoms with Gasteiger partial charge in [0, 0.05) is 10.5 Å². The van der Waals surface area contributed by atoms with Crippen LogP contribution in [0.5, 0.6) is 5.75 Å². The number of methoxy groups -OCH3 is 1. The highest BCUT2D eigenvalue weighted by molar-refractivity contribution is 9.10. The molecule has 0 spiro atoms. The summed E-state index contributed by atoms with van der Waals surface area (Å²) in [5, 5.41) is 3.56. The van der Waals surface area contributed by atoms with E-state index in [1.54, 1.807) is 7.11 Å². The standard InChI is InChI=1S/C17H19Br2NO/c1-3-20-16(11-12-6-4-5-7-14(12)18)13-8-9-17(21-2)15(19)10-13/h4-10,16,20H,3,11H2,1-2H3. The molecule has 1 atom stereocenters. The molecule has 0 bridgehead atoms. The largest absolute Gasteiger partial charge is 0.496 e. The van der Waals surface area contributed by atoms with E-state index in [0.717, 1.165) is 27.7 Å². The summed E-state index contributed by atoms with van der Waals surface area (Å²) in [7, 11) is 1.68. The molecular formula is C17H19Br2NO. The highest BCUT2D eigenvalue weighted by atomic mass is 79.9. The van der Waals surface area contributed by atoms with Crippen molar-refractivity contribution in [3.63, 3.8) is 0 Å². The summed E-state index contributed by atoms with van der Waals surface area (Å²) >= 11 is 7.19. The number of hydrogen-bond donors (Lipinski definition) is 1. The first-order valence-corrected chi connectivity index (χ1v) is 8.54. The Labute approximate surface area is 143 Å². The van der Waals surface area contributed by atoms with Gasteiger partial charge in [0.1, 0.15) is 5.75 Å². The third kappa shape index (κ3) is 4.31. The number of nitrogens with one attached hydrogen (secondary N) is 1. The topological polar surface area (TPSA) is 21.3 Å². The second-order valence-corrected chi connectivity index (χ2v) is 6.51. The van der Waals surface area contributed by atoms with E-state index < -0.39 is 0 Å². The first-order chi connectivity index (χ1) is 10.2. The second-order valence-electron chi connectivity index (χ2n) is 4.80. The number of halogens is 2. The molecule has 0 radical (unpaired) electrons. The van der Waals surface area contributed by atoms with E-state index >= 15 is 0 Å². The third-order valence-electron chi connectivity index (χ3n) is 3.41. The van der Waals surface area contributed by atoms with Crippen molar-refractivity contribution in [2.24, 2.45) is 0 Å². The Hall–Kier alpha value is -0.840. The van der Waals surface area contributed by atoms with Crippen molar-refractivity contribution in [2.75, 3.05) is 13.7 Å². The predicted molar refractivity (Wildman–Crippen MR) is 95.0 cm³/mol. The highest BCUT2D eigenvalue weighted by Gasteiger charge is 2.14. The number of benzene rings is 2. The maximum absolute atomic E-state index is 5.30. The first-order valence-electron chi connectivity index (χ1n) is 6.96. The summed E-state index contributed by atoms with van der Waals surface area (Å²) < 4.78 is 7.44. The summed E-state index contributed by atoms with van der Waals surface area (Å²) in [6, 6.07) is 14.9. The number of hydrogen-bond acceptors (Lipinski definition) is 2. The molecule has 0 amide bonds. The molecule has 0 fully saturated rings. The fourth-order valence-corrected chi connectivity index (χ4v) is 3.34. The average molecular weight is 413 g/mol. The Balaban J connectivity index is 2.26. The molecular weight excluding hydrogens is 394 g/mol. The molecule has 0 aromatic heterocycles. The van der Waals surface area contributed by atoms with Gasteiger partial charge in [0.25, 0.3) is 0 Å². The fourth-order valence-electron chi connectivity index (χ4n) is 2.34.